The quantitative estimate of drug-likeness (QED) is 0.599. The van der Waals surface area contributed by atoms with E-state index in [1.807, 2.05) is 30.3 Å². The number of hydrogen-bond acceptors (Lipinski definition) is 9. The van der Waals surface area contributed by atoms with Crippen LogP contribution >= 0.6 is 0 Å². The van der Waals surface area contributed by atoms with Gasteiger partial charge >= 0.3 is 0 Å². The lowest BCUT2D eigenvalue weighted by molar-refractivity contribution is -0.123. The van der Waals surface area contributed by atoms with Crippen molar-refractivity contribution in [1.82, 2.24) is 15.1 Å². The van der Waals surface area contributed by atoms with Crippen molar-refractivity contribution in [3.05, 3.63) is 60.5 Å². The molecule has 10 nitrogen and oxygen atoms in total. The summed E-state index contributed by atoms with van der Waals surface area (Å²) in [4.78, 5) is 31.3. The van der Waals surface area contributed by atoms with Crippen LogP contribution in [0.4, 0.5) is 5.69 Å². The Labute approximate surface area is 170 Å². The fraction of sp³-hybridized carbons (Fsp3) is 0.200. The first-order chi connectivity index (χ1) is 14.7. The normalized spacial score (nSPS) is 20.2. The summed E-state index contributed by atoms with van der Waals surface area (Å²) in [5.74, 6) is 0.410. The second kappa shape index (κ2) is 7.07. The smallest absolute Gasteiger partial charge is 0.263 e. The van der Waals surface area contributed by atoms with Gasteiger partial charge in [0.2, 0.25) is 11.7 Å². The average molecular weight is 404 g/mol. The summed E-state index contributed by atoms with van der Waals surface area (Å²) >= 11 is 0. The van der Waals surface area contributed by atoms with E-state index in [2.05, 4.69) is 20.5 Å². The SMILES string of the molecule is COc1cccc(N2C(=O)[C@@H]3[C@@H](N=NN3Cc3nc(-c4ccccc4)no3)C2=O)c1. The van der Waals surface area contributed by atoms with Crippen LogP contribution in [0.1, 0.15) is 5.89 Å². The van der Waals surface area contributed by atoms with E-state index in [9.17, 15) is 9.59 Å². The van der Waals surface area contributed by atoms with E-state index in [1.54, 1.807) is 24.3 Å². The second-order valence-corrected chi connectivity index (χ2v) is 6.78. The molecule has 1 fully saturated rings. The summed E-state index contributed by atoms with van der Waals surface area (Å²) in [6.07, 6.45) is 0. The Balaban J connectivity index is 1.37. The molecule has 0 N–H and O–H groups in total. The van der Waals surface area contributed by atoms with Crippen LogP contribution in [0.5, 0.6) is 5.75 Å². The molecule has 2 aliphatic heterocycles. The third kappa shape index (κ3) is 2.89. The maximum atomic E-state index is 13.1. The summed E-state index contributed by atoms with van der Waals surface area (Å²) < 4.78 is 10.5. The van der Waals surface area contributed by atoms with Crippen LogP contribution in [0.3, 0.4) is 0 Å². The maximum Gasteiger partial charge on any atom is 0.263 e. The van der Waals surface area contributed by atoms with Gasteiger partial charge in [0.05, 0.1) is 12.8 Å². The molecule has 2 aromatic carbocycles. The van der Waals surface area contributed by atoms with Gasteiger partial charge in [-0.1, -0.05) is 46.8 Å². The minimum absolute atomic E-state index is 0.0650. The summed E-state index contributed by atoms with van der Waals surface area (Å²) in [6.45, 7) is 0.0650. The van der Waals surface area contributed by atoms with E-state index in [4.69, 9.17) is 9.26 Å². The number of carbonyl (C=O) groups excluding carboxylic acids is 2. The number of ether oxygens (including phenoxy) is 1. The van der Waals surface area contributed by atoms with Crippen LogP contribution in [0.15, 0.2) is 69.5 Å². The van der Waals surface area contributed by atoms with Crippen LogP contribution in [0.2, 0.25) is 0 Å². The molecule has 2 atom stereocenters. The molecule has 0 aliphatic carbocycles. The lowest BCUT2D eigenvalue weighted by Crippen LogP contribution is -2.39. The molecule has 2 amide bonds. The molecule has 0 saturated carbocycles. The lowest BCUT2D eigenvalue weighted by Gasteiger charge is -2.19. The summed E-state index contributed by atoms with van der Waals surface area (Å²) in [6, 6.07) is 14.4. The minimum atomic E-state index is -0.903. The van der Waals surface area contributed by atoms with Gasteiger partial charge in [-0.2, -0.15) is 10.1 Å². The first-order valence-corrected chi connectivity index (χ1v) is 9.23. The highest BCUT2D eigenvalue weighted by molar-refractivity contribution is 6.25. The van der Waals surface area contributed by atoms with Crippen molar-refractivity contribution in [2.75, 3.05) is 12.0 Å². The number of nitrogens with zero attached hydrogens (tertiary/aromatic N) is 6. The topological polar surface area (TPSA) is 113 Å². The molecule has 1 aromatic heterocycles. The van der Waals surface area contributed by atoms with Gasteiger partial charge in [0.1, 0.15) is 12.3 Å². The predicted molar refractivity (Wildman–Crippen MR) is 103 cm³/mol. The number of anilines is 1. The fourth-order valence-corrected chi connectivity index (χ4v) is 3.52. The molecule has 30 heavy (non-hydrogen) atoms. The molecule has 10 heteroatoms. The molecule has 2 aliphatic rings. The summed E-state index contributed by atoms with van der Waals surface area (Å²) in [5, 5.41) is 13.4. The molecule has 0 spiro atoms. The van der Waals surface area contributed by atoms with E-state index in [0.29, 0.717) is 17.3 Å². The van der Waals surface area contributed by atoms with E-state index in [1.165, 1.54) is 12.1 Å². The Morgan fingerprint density at radius 3 is 2.70 bits per heavy atom. The fourth-order valence-electron chi connectivity index (χ4n) is 3.52. The molecular weight excluding hydrogens is 388 g/mol. The first kappa shape index (κ1) is 18.0. The monoisotopic (exact) mass is 404 g/mol. The zero-order chi connectivity index (χ0) is 20.7. The minimum Gasteiger partial charge on any atom is -0.497 e. The third-order valence-electron chi connectivity index (χ3n) is 4.97. The van der Waals surface area contributed by atoms with Crippen molar-refractivity contribution >= 4 is 17.5 Å². The number of methoxy groups -OCH3 is 1. The van der Waals surface area contributed by atoms with Crippen LogP contribution in [-0.4, -0.2) is 46.2 Å². The number of aromatic nitrogens is 2. The lowest BCUT2D eigenvalue weighted by atomic mass is 10.1. The van der Waals surface area contributed by atoms with Gasteiger partial charge in [-0.15, -0.1) is 0 Å². The Hall–Kier alpha value is -4.08. The number of fused-ring (bicyclic) bond motifs is 1. The van der Waals surface area contributed by atoms with Crippen LogP contribution in [0.25, 0.3) is 11.4 Å². The van der Waals surface area contributed by atoms with Crippen LogP contribution in [0, 0.1) is 0 Å². The van der Waals surface area contributed by atoms with Crippen molar-refractivity contribution in [3.8, 4) is 17.1 Å². The standard InChI is InChI=1S/C20H16N6O4/c1-29-14-9-5-8-13(10-14)26-19(27)16-17(20(26)28)25(24-22-16)11-15-21-18(23-30-15)12-6-3-2-4-7-12/h2-10,16-17H,11H2,1H3/t16-,17+/m1/s1. The molecule has 0 radical (unpaired) electrons. The van der Waals surface area contributed by atoms with Crippen molar-refractivity contribution in [2.24, 2.45) is 10.3 Å². The number of rotatable bonds is 5. The van der Waals surface area contributed by atoms with E-state index in [-0.39, 0.29) is 12.4 Å². The molecular formula is C20H16N6O4. The Bertz CT molecular complexity index is 1140. The number of amides is 2. The zero-order valence-electron chi connectivity index (χ0n) is 15.9. The van der Waals surface area contributed by atoms with Gasteiger partial charge in [0.25, 0.3) is 11.8 Å². The number of carbonyl (C=O) groups is 2. The predicted octanol–water partition coefficient (Wildman–Crippen LogP) is 2.24. The molecule has 3 heterocycles. The molecule has 5 rings (SSSR count). The third-order valence-corrected chi connectivity index (χ3v) is 4.97. The highest BCUT2D eigenvalue weighted by Gasteiger charge is 2.55. The van der Waals surface area contributed by atoms with Crippen molar-refractivity contribution in [1.29, 1.82) is 0 Å². The Kier molecular flexibility index (Phi) is 4.24. The Morgan fingerprint density at radius 1 is 1.07 bits per heavy atom. The number of hydrogen-bond donors (Lipinski definition) is 0. The summed E-state index contributed by atoms with van der Waals surface area (Å²) in [7, 11) is 1.52. The molecule has 1 saturated heterocycles. The highest BCUT2D eigenvalue weighted by atomic mass is 16.5. The summed E-state index contributed by atoms with van der Waals surface area (Å²) in [5.41, 5.74) is 1.24. The van der Waals surface area contributed by atoms with Gasteiger partial charge in [-0.3, -0.25) is 14.6 Å². The van der Waals surface area contributed by atoms with E-state index >= 15 is 0 Å². The maximum absolute atomic E-state index is 13.1. The highest BCUT2D eigenvalue weighted by Crippen LogP contribution is 2.33. The number of benzene rings is 2. The van der Waals surface area contributed by atoms with Crippen molar-refractivity contribution < 1.29 is 18.8 Å². The van der Waals surface area contributed by atoms with E-state index < -0.39 is 23.9 Å². The zero-order valence-corrected chi connectivity index (χ0v) is 15.9. The Morgan fingerprint density at radius 2 is 1.90 bits per heavy atom. The van der Waals surface area contributed by atoms with Crippen LogP contribution in [-0.2, 0) is 16.1 Å². The van der Waals surface area contributed by atoms with Gasteiger partial charge in [0, 0.05) is 11.6 Å². The van der Waals surface area contributed by atoms with Gasteiger partial charge < -0.3 is 9.26 Å². The molecule has 3 aromatic rings. The molecule has 0 unspecified atom stereocenters. The first-order valence-electron chi connectivity index (χ1n) is 9.23. The van der Waals surface area contributed by atoms with Crippen molar-refractivity contribution in [3.63, 3.8) is 0 Å². The molecule has 0 bridgehead atoms. The average Bonchev–Trinajstić information content (AvgIpc) is 3.47. The van der Waals surface area contributed by atoms with Gasteiger partial charge in [-0.25, -0.2) is 4.90 Å². The van der Waals surface area contributed by atoms with Crippen LogP contribution < -0.4 is 9.64 Å². The van der Waals surface area contributed by atoms with E-state index in [0.717, 1.165) is 10.5 Å². The van der Waals surface area contributed by atoms with Gasteiger partial charge in [0.15, 0.2) is 12.1 Å². The molecule has 150 valence electrons. The van der Waals surface area contributed by atoms with Gasteiger partial charge in [-0.05, 0) is 12.1 Å². The number of imide groups is 1. The second-order valence-electron chi connectivity index (χ2n) is 6.78. The largest absolute Gasteiger partial charge is 0.497 e. The van der Waals surface area contributed by atoms with Crippen molar-refractivity contribution in [2.45, 2.75) is 18.6 Å².